The van der Waals surface area contributed by atoms with Gasteiger partial charge in [-0.05, 0) is 36.2 Å². The first-order valence-corrected chi connectivity index (χ1v) is 8.28. The molecule has 0 aliphatic carbocycles. The molecule has 2 aromatic carbocycles. The Labute approximate surface area is 149 Å². The zero-order valence-electron chi connectivity index (χ0n) is 14.2. The predicted molar refractivity (Wildman–Crippen MR) is 92.5 cm³/mol. The van der Waals surface area contributed by atoms with Crippen LogP contribution >= 0.6 is 0 Å². The molecule has 0 radical (unpaired) electrons. The molecule has 26 heavy (non-hydrogen) atoms. The van der Waals surface area contributed by atoms with E-state index in [1.807, 2.05) is 24.3 Å². The number of halogens is 3. The lowest BCUT2D eigenvalue weighted by Gasteiger charge is -2.06. The van der Waals surface area contributed by atoms with Gasteiger partial charge >= 0.3 is 6.18 Å². The summed E-state index contributed by atoms with van der Waals surface area (Å²) in [6, 6.07) is 12.9. The van der Waals surface area contributed by atoms with Crippen LogP contribution in [0.2, 0.25) is 0 Å². The van der Waals surface area contributed by atoms with Crippen LogP contribution in [0.4, 0.5) is 18.9 Å². The molecule has 7 heteroatoms. The van der Waals surface area contributed by atoms with E-state index in [2.05, 4.69) is 22.4 Å². The first-order valence-electron chi connectivity index (χ1n) is 8.28. The average Bonchev–Trinajstić information content (AvgIpc) is 3.10. The molecule has 0 spiro atoms. The second-order valence-electron chi connectivity index (χ2n) is 5.89. The Hall–Kier alpha value is -2.83. The molecule has 0 aliphatic rings. The normalized spacial score (nSPS) is 11.5. The van der Waals surface area contributed by atoms with E-state index in [-0.39, 0.29) is 11.4 Å². The van der Waals surface area contributed by atoms with Crippen LogP contribution in [-0.2, 0) is 19.1 Å². The Morgan fingerprint density at radius 2 is 1.85 bits per heavy atom. The van der Waals surface area contributed by atoms with E-state index in [0.29, 0.717) is 12.4 Å². The fraction of sp³-hybridized carbons (Fsp3) is 0.263. The SMILES string of the molecule is CCCc1ccc(NCc2nc(-c3cccc(C(F)(F)F)c3)no2)cc1. The molecule has 0 amide bonds. The molecule has 3 rings (SSSR count). The summed E-state index contributed by atoms with van der Waals surface area (Å²) in [6.07, 6.45) is -2.29. The van der Waals surface area contributed by atoms with Crippen molar-refractivity contribution < 1.29 is 17.7 Å². The van der Waals surface area contributed by atoms with E-state index in [1.165, 1.54) is 17.7 Å². The zero-order valence-corrected chi connectivity index (χ0v) is 14.2. The van der Waals surface area contributed by atoms with Crippen molar-refractivity contribution in [3.8, 4) is 11.4 Å². The quantitative estimate of drug-likeness (QED) is 0.646. The number of aromatic nitrogens is 2. The smallest absolute Gasteiger partial charge is 0.376 e. The van der Waals surface area contributed by atoms with E-state index in [4.69, 9.17) is 4.52 Å². The molecule has 0 unspecified atom stereocenters. The van der Waals surface area contributed by atoms with Crippen molar-refractivity contribution in [1.29, 1.82) is 0 Å². The molecule has 3 aromatic rings. The molecular weight excluding hydrogens is 343 g/mol. The number of nitrogens with one attached hydrogen (secondary N) is 1. The number of hydrogen-bond donors (Lipinski definition) is 1. The third kappa shape index (κ3) is 4.41. The highest BCUT2D eigenvalue weighted by Crippen LogP contribution is 2.31. The summed E-state index contributed by atoms with van der Waals surface area (Å²) < 4.78 is 43.5. The molecular formula is C19H18F3N3O. The van der Waals surface area contributed by atoms with E-state index < -0.39 is 11.7 Å². The third-order valence-corrected chi connectivity index (χ3v) is 3.85. The van der Waals surface area contributed by atoms with Crippen molar-refractivity contribution in [2.45, 2.75) is 32.5 Å². The van der Waals surface area contributed by atoms with Crippen LogP contribution in [0.3, 0.4) is 0 Å². The summed E-state index contributed by atoms with van der Waals surface area (Å²) in [5, 5.41) is 6.92. The van der Waals surface area contributed by atoms with Crippen LogP contribution in [0.25, 0.3) is 11.4 Å². The Bertz CT molecular complexity index is 857. The minimum Gasteiger partial charge on any atom is -0.376 e. The lowest BCUT2D eigenvalue weighted by Crippen LogP contribution is -2.04. The summed E-state index contributed by atoms with van der Waals surface area (Å²) in [7, 11) is 0. The molecule has 1 N–H and O–H groups in total. The van der Waals surface area contributed by atoms with Gasteiger partial charge in [0.25, 0.3) is 0 Å². The van der Waals surface area contributed by atoms with Crippen molar-refractivity contribution in [2.75, 3.05) is 5.32 Å². The number of hydrogen-bond acceptors (Lipinski definition) is 4. The van der Waals surface area contributed by atoms with Crippen LogP contribution in [0.15, 0.2) is 53.1 Å². The molecule has 1 aromatic heterocycles. The van der Waals surface area contributed by atoms with Gasteiger partial charge in [0, 0.05) is 11.3 Å². The fourth-order valence-corrected chi connectivity index (χ4v) is 2.53. The van der Waals surface area contributed by atoms with Gasteiger partial charge in [0.2, 0.25) is 11.7 Å². The molecule has 0 bridgehead atoms. The Balaban J connectivity index is 1.66. The van der Waals surface area contributed by atoms with Crippen molar-refractivity contribution in [3.05, 3.63) is 65.5 Å². The van der Waals surface area contributed by atoms with Crippen LogP contribution in [0, 0.1) is 0 Å². The number of aryl methyl sites for hydroxylation is 1. The van der Waals surface area contributed by atoms with Crippen LogP contribution in [0.1, 0.15) is 30.4 Å². The van der Waals surface area contributed by atoms with E-state index in [1.54, 1.807) is 0 Å². The number of anilines is 1. The maximum absolute atomic E-state index is 12.8. The minimum absolute atomic E-state index is 0.131. The van der Waals surface area contributed by atoms with Gasteiger partial charge in [-0.1, -0.05) is 42.8 Å². The summed E-state index contributed by atoms with van der Waals surface area (Å²) >= 11 is 0. The van der Waals surface area contributed by atoms with Crippen LogP contribution < -0.4 is 5.32 Å². The number of alkyl halides is 3. The Morgan fingerprint density at radius 1 is 1.08 bits per heavy atom. The highest BCUT2D eigenvalue weighted by molar-refractivity contribution is 5.56. The maximum Gasteiger partial charge on any atom is 0.416 e. The monoisotopic (exact) mass is 361 g/mol. The molecule has 0 fully saturated rings. The summed E-state index contributed by atoms with van der Waals surface area (Å²) in [6.45, 7) is 2.42. The summed E-state index contributed by atoms with van der Waals surface area (Å²) in [5.74, 6) is 0.432. The van der Waals surface area contributed by atoms with E-state index in [9.17, 15) is 13.2 Å². The maximum atomic E-state index is 12.8. The Kier molecular flexibility index (Phi) is 5.25. The zero-order chi connectivity index (χ0) is 18.6. The molecule has 1 heterocycles. The summed E-state index contributed by atoms with van der Waals surface area (Å²) in [4.78, 5) is 4.16. The van der Waals surface area contributed by atoms with Crippen molar-refractivity contribution in [2.24, 2.45) is 0 Å². The minimum atomic E-state index is -4.41. The Morgan fingerprint density at radius 3 is 2.54 bits per heavy atom. The number of benzene rings is 2. The molecule has 4 nitrogen and oxygen atoms in total. The van der Waals surface area contributed by atoms with Crippen LogP contribution in [-0.4, -0.2) is 10.1 Å². The van der Waals surface area contributed by atoms with Crippen molar-refractivity contribution >= 4 is 5.69 Å². The fourth-order valence-electron chi connectivity index (χ4n) is 2.53. The molecule has 136 valence electrons. The first kappa shape index (κ1) is 18.0. The van der Waals surface area contributed by atoms with E-state index >= 15 is 0 Å². The largest absolute Gasteiger partial charge is 0.416 e. The topological polar surface area (TPSA) is 51.0 Å². The number of nitrogens with zero attached hydrogens (tertiary/aromatic N) is 2. The van der Waals surface area contributed by atoms with Crippen LogP contribution in [0.5, 0.6) is 0 Å². The van der Waals surface area contributed by atoms with Gasteiger partial charge in [0.15, 0.2) is 0 Å². The highest BCUT2D eigenvalue weighted by atomic mass is 19.4. The molecule has 0 atom stereocenters. The van der Waals surface area contributed by atoms with Crippen molar-refractivity contribution in [3.63, 3.8) is 0 Å². The van der Waals surface area contributed by atoms with Crippen molar-refractivity contribution in [1.82, 2.24) is 10.1 Å². The number of rotatable bonds is 6. The van der Waals surface area contributed by atoms with Gasteiger partial charge in [0.1, 0.15) is 0 Å². The second kappa shape index (κ2) is 7.59. The standard InChI is InChI=1S/C19H18F3N3O/c1-2-4-13-7-9-16(10-8-13)23-12-17-24-18(25-26-17)14-5-3-6-15(11-14)19(20,21)22/h3,5-11,23H,2,4,12H2,1H3. The third-order valence-electron chi connectivity index (χ3n) is 3.85. The van der Waals surface area contributed by atoms with Gasteiger partial charge in [-0.15, -0.1) is 0 Å². The summed E-state index contributed by atoms with van der Waals surface area (Å²) in [5.41, 5.74) is 1.69. The van der Waals surface area contributed by atoms with E-state index in [0.717, 1.165) is 30.7 Å². The van der Waals surface area contributed by atoms with Gasteiger partial charge in [-0.25, -0.2) is 0 Å². The predicted octanol–water partition coefficient (Wildman–Crippen LogP) is 5.32. The van der Waals surface area contributed by atoms with Gasteiger partial charge in [-0.2, -0.15) is 18.2 Å². The second-order valence-corrected chi connectivity index (χ2v) is 5.89. The highest BCUT2D eigenvalue weighted by Gasteiger charge is 2.30. The lowest BCUT2D eigenvalue weighted by molar-refractivity contribution is -0.137. The average molecular weight is 361 g/mol. The van der Waals surface area contributed by atoms with Gasteiger partial charge in [0.05, 0.1) is 12.1 Å². The first-order chi connectivity index (χ1) is 12.5. The molecule has 0 saturated carbocycles. The molecule has 0 aliphatic heterocycles. The van der Waals surface area contributed by atoms with Gasteiger partial charge < -0.3 is 9.84 Å². The lowest BCUT2D eigenvalue weighted by atomic mass is 10.1. The molecule has 0 saturated heterocycles. The van der Waals surface area contributed by atoms with Gasteiger partial charge in [-0.3, -0.25) is 0 Å².